The summed E-state index contributed by atoms with van der Waals surface area (Å²) in [5.41, 5.74) is 2.03. The second kappa shape index (κ2) is 10.3. The van der Waals surface area contributed by atoms with E-state index in [2.05, 4.69) is 23.3 Å². The SMILES string of the molecule is CCCCc1ccc(C#N)c(SCCC(=O)Nc2cccc(C(=O)O)c2)n1. The van der Waals surface area contributed by atoms with Gasteiger partial charge in [0.15, 0.2) is 0 Å². The fraction of sp³-hybridized carbons (Fsp3) is 0.300. The predicted molar refractivity (Wildman–Crippen MR) is 105 cm³/mol. The number of anilines is 1. The minimum Gasteiger partial charge on any atom is -0.478 e. The summed E-state index contributed by atoms with van der Waals surface area (Å²) < 4.78 is 0. The maximum Gasteiger partial charge on any atom is 0.335 e. The van der Waals surface area contributed by atoms with Crippen LogP contribution in [0.1, 0.15) is 47.8 Å². The van der Waals surface area contributed by atoms with Gasteiger partial charge in [-0.1, -0.05) is 19.4 Å². The molecule has 0 aliphatic carbocycles. The molecule has 27 heavy (non-hydrogen) atoms. The van der Waals surface area contributed by atoms with E-state index < -0.39 is 5.97 Å². The number of aromatic carboxylic acids is 1. The first kappa shape index (κ1) is 20.5. The molecule has 1 aromatic carbocycles. The molecule has 2 N–H and O–H groups in total. The van der Waals surface area contributed by atoms with Crippen molar-refractivity contribution in [2.24, 2.45) is 0 Å². The van der Waals surface area contributed by atoms with E-state index in [1.54, 1.807) is 18.2 Å². The first-order valence-electron chi connectivity index (χ1n) is 8.69. The third-order valence-electron chi connectivity index (χ3n) is 3.79. The maximum atomic E-state index is 12.1. The summed E-state index contributed by atoms with van der Waals surface area (Å²) in [6.07, 6.45) is 3.22. The second-order valence-electron chi connectivity index (χ2n) is 5.90. The van der Waals surface area contributed by atoms with Crippen LogP contribution in [0, 0.1) is 11.3 Å². The van der Waals surface area contributed by atoms with E-state index in [4.69, 9.17) is 5.11 Å². The first-order chi connectivity index (χ1) is 13.0. The topological polar surface area (TPSA) is 103 Å². The Morgan fingerprint density at radius 2 is 2.11 bits per heavy atom. The number of nitrogens with zero attached hydrogens (tertiary/aromatic N) is 2. The van der Waals surface area contributed by atoms with Crippen LogP contribution in [0.3, 0.4) is 0 Å². The Morgan fingerprint density at radius 3 is 2.81 bits per heavy atom. The van der Waals surface area contributed by atoms with E-state index in [9.17, 15) is 14.9 Å². The highest BCUT2D eigenvalue weighted by Gasteiger charge is 2.10. The summed E-state index contributed by atoms with van der Waals surface area (Å²) >= 11 is 1.38. The molecule has 6 nitrogen and oxygen atoms in total. The smallest absolute Gasteiger partial charge is 0.335 e. The number of hydrogen-bond acceptors (Lipinski definition) is 5. The molecule has 0 fully saturated rings. The molecule has 0 aliphatic heterocycles. The van der Waals surface area contributed by atoms with Crippen LogP contribution in [0.2, 0.25) is 0 Å². The number of aryl methyl sites for hydroxylation is 1. The van der Waals surface area contributed by atoms with Crippen LogP contribution in [0.25, 0.3) is 0 Å². The van der Waals surface area contributed by atoms with Gasteiger partial charge in [-0.3, -0.25) is 4.79 Å². The lowest BCUT2D eigenvalue weighted by molar-refractivity contribution is -0.115. The van der Waals surface area contributed by atoms with Crippen molar-refractivity contribution in [1.29, 1.82) is 5.26 Å². The number of nitriles is 1. The Kier molecular flexibility index (Phi) is 7.83. The lowest BCUT2D eigenvalue weighted by Crippen LogP contribution is -2.12. The van der Waals surface area contributed by atoms with Crippen LogP contribution in [-0.2, 0) is 11.2 Å². The zero-order chi connectivity index (χ0) is 19.6. The van der Waals surface area contributed by atoms with Gasteiger partial charge in [0.25, 0.3) is 0 Å². The molecule has 140 valence electrons. The van der Waals surface area contributed by atoms with Crippen molar-refractivity contribution in [3.63, 3.8) is 0 Å². The standard InChI is InChI=1S/C20H21N3O3S/c1-2-3-6-16-9-8-15(13-21)19(23-16)27-11-10-18(24)22-17-7-4-5-14(12-17)20(25)26/h4-5,7-9,12H,2-3,6,10-11H2,1H3,(H,22,24)(H,25,26). The third-order valence-corrected chi connectivity index (χ3v) is 4.78. The first-order valence-corrected chi connectivity index (χ1v) is 9.68. The number of carbonyl (C=O) groups excluding carboxylic acids is 1. The van der Waals surface area contributed by atoms with Crippen molar-refractivity contribution < 1.29 is 14.7 Å². The summed E-state index contributed by atoms with van der Waals surface area (Å²) in [5, 5.41) is 21.6. The summed E-state index contributed by atoms with van der Waals surface area (Å²) in [5.74, 6) is -0.783. The van der Waals surface area contributed by atoms with Crippen LogP contribution >= 0.6 is 11.8 Å². The van der Waals surface area contributed by atoms with Gasteiger partial charge in [0.1, 0.15) is 11.1 Å². The van der Waals surface area contributed by atoms with Gasteiger partial charge in [0.05, 0.1) is 11.1 Å². The summed E-state index contributed by atoms with van der Waals surface area (Å²) in [7, 11) is 0. The van der Waals surface area contributed by atoms with Gasteiger partial charge < -0.3 is 10.4 Å². The molecule has 7 heteroatoms. The molecular formula is C20H21N3O3S. The van der Waals surface area contributed by atoms with Crippen molar-refractivity contribution in [3.8, 4) is 6.07 Å². The highest BCUT2D eigenvalue weighted by molar-refractivity contribution is 7.99. The molecule has 0 spiro atoms. The molecule has 2 aromatic rings. The van der Waals surface area contributed by atoms with E-state index in [-0.39, 0.29) is 17.9 Å². The highest BCUT2D eigenvalue weighted by Crippen LogP contribution is 2.22. The zero-order valence-corrected chi connectivity index (χ0v) is 15.9. The largest absolute Gasteiger partial charge is 0.478 e. The molecule has 1 heterocycles. The van der Waals surface area contributed by atoms with Gasteiger partial charge in [-0.15, -0.1) is 11.8 Å². The van der Waals surface area contributed by atoms with Crippen LogP contribution < -0.4 is 5.32 Å². The number of aromatic nitrogens is 1. The number of pyridine rings is 1. The van der Waals surface area contributed by atoms with Gasteiger partial charge in [0, 0.05) is 23.6 Å². The van der Waals surface area contributed by atoms with E-state index in [1.165, 1.54) is 23.9 Å². The van der Waals surface area contributed by atoms with Crippen molar-refractivity contribution in [1.82, 2.24) is 4.98 Å². The van der Waals surface area contributed by atoms with Gasteiger partial charge >= 0.3 is 5.97 Å². The molecule has 0 saturated carbocycles. The van der Waals surface area contributed by atoms with E-state index in [0.717, 1.165) is 25.0 Å². The van der Waals surface area contributed by atoms with E-state index in [0.29, 0.717) is 22.0 Å². The second-order valence-corrected chi connectivity index (χ2v) is 6.99. The van der Waals surface area contributed by atoms with Crippen molar-refractivity contribution in [3.05, 3.63) is 53.2 Å². The maximum absolute atomic E-state index is 12.1. The minimum atomic E-state index is -1.04. The Morgan fingerprint density at radius 1 is 1.30 bits per heavy atom. The molecule has 0 radical (unpaired) electrons. The van der Waals surface area contributed by atoms with Gasteiger partial charge in [-0.25, -0.2) is 9.78 Å². The third kappa shape index (κ3) is 6.42. The fourth-order valence-corrected chi connectivity index (χ4v) is 3.30. The molecule has 0 aliphatic rings. The lowest BCUT2D eigenvalue weighted by Gasteiger charge is -2.08. The number of thioether (sulfide) groups is 1. The highest BCUT2D eigenvalue weighted by atomic mass is 32.2. The molecule has 0 unspecified atom stereocenters. The van der Waals surface area contributed by atoms with Crippen LogP contribution in [0.15, 0.2) is 41.4 Å². The van der Waals surface area contributed by atoms with Crippen LogP contribution in [-0.4, -0.2) is 27.7 Å². The number of nitrogens with one attached hydrogen (secondary N) is 1. The molecule has 1 aromatic heterocycles. The number of hydrogen-bond donors (Lipinski definition) is 2. The predicted octanol–water partition coefficient (Wildman–Crippen LogP) is 4.11. The van der Waals surface area contributed by atoms with Crippen molar-refractivity contribution in [2.75, 3.05) is 11.1 Å². The molecule has 0 bridgehead atoms. The molecule has 0 atom stereocenters. The number of rotatable bonds is 9. The Balaban J connectivity index is 1.91. The quantitative estimate of drug-likeness (QED) is 0.632. The van der Waals surface area contributed by atoms with Crippen LogP contribution in [0.4, 0.5) is 5.69 Å². The monoisotopic (exact) mass is 383 g/mol. The number of carbonyl (C=O) groups is 2. The lowest BCUT2D eigenvalue weighted by atomic mass is 10.2. The number of amides is 1. The summed E-state index contributed by atoms with van der Waals surface area (Å²) in [6.45, 7) is 2.12. The molecule has 0 saturated heterocycles. The number of carboxylic acids is 1. The van der Waals surface area contributed by atoms with E-state index >= 15 is 0 Å². The molecule has 1 amide bonds. The van der Waals surface area contributed by atoms with Crippen LogP contribution in [0.5, 0.6) is 0 Å². The summed E-state index contributed by atoms with van der Waals surface area (Å²) in [6, 6.07) is 11.9. The minimum absolute atomic E-state index is 0.119. The fourth-order valence-electron chi connectivity index (χ4n) is 2.36. The van der Waals surface area contributed by atoms with Gasteiger partial charge in [-0.05, 0) is 43.2 Å². The Labute approximate surface area is 162 Å². The van der Waals surface area contributed by atoms with Gasteiger partial charge in [0.2, 0.25) is 5.91 Å². The normalized spacial score (nSPS) is 10.2. The van der Waals surface area contributed by atoms with E-state index in [1.807, 2.05) is 6.07 Å². The molecular weight excluding hydrogens is 362 g/mol. The van der Waals surface area contributed by atoms with Crippen molar-refractivity contribution in [2.45, 2.75) is 37.6 Å². The molecule has 2 rings (SSSR count). The summed E-state index contributed by atoms with van der Waals surface area (Å²) in [4.78, 5) is 27.6. The zero-order valence-electron chi connectivity index (χ0n) is 15.1. The average molecular weight is 383 g/mol. The number of carboxylic acid groups (broad SMARTS) is 1. The number of benzene rings is 1. The number of unbranched alkanes of at least 4 members (excludes halogenated alkanes) is 1. The van der Waals surface area contributed by atoms with Gasteiger partial charge in [-0.2, -0.15) is 5.26 Å². The Bertz CT molecular complexity index is 862. The average Bonchev–Trinajstić information content (AvgIpc) is 2.66. The Hall–Kier alpha value is -2.85. The van der Waals surface area contributed by atoms with Crippen molar-refractivity contribution >= 4 is 29.3 Å².